The van der Waals surface area contributed by atoms with Crippen molar-refractivity contribution in [2.75, 3.05) is 19.4 Å². The molecule has 0 bridgehead atoms. The van der Waals surface area contributed by atoms with E-state index in [1.165, 1.54) is 19.2 Å². The van der Waals surface area contributed by atoms with Crippen molar-refractivity contribution in [3.8, 4) is 5.75 Å². The highest BCUT2D eigenvalue weighted by atomic mass is 16.5. The number of amides is 2. The van der Waals surface area contributed by atoms with E-state index in [0.717, 1.165) is 0 Å². The van der Waals surface area contributed by atoms with Crippen LogP contribution in [0.4, 0.5) is 5.69 Å². The van der Waals surface area contributed by atoms with Gasteiger partial charge in [0.05, 0.1) is 13.7 Å². The monoisotopic (exact) mass is 253 g/mol. The molecule has 0 aromatic heterocycles. The largest absolute Gasteiger partial charge is 0.497 e. The number of carbonyl (C=O) groups excluding carboxylic acids is 2. The van der Waals surface area contributed by atoms with Crippen molar-refractivity contribution in [3.05, 3.63) is 23.8 Å². The first-order chi connectivity index (χ1) is 8.43. The molecule has 1 rings (SSSR count). The molecule has 18 heavy (non-hydrogen) atoms. The van der Waals surface area contributed by atoms with E-state index in [-0.39, 0.29) is 12.1 Å². The summed E-state index contributed by atoms with van der Waals surface area (Å²) in [6.45, 7) is -0.259. The van der Waals surface area contributed by atoms with E-state index in [0.29, 0.717) is 11.4 Å². The fourth-order valence-corrected chi connectivity index (χ4v) is 1.26. The molecule has 0 spiro atoms. The molecule has 1 aromatic carbocycles. The van der Waals surface area contributed by atoms with Gasteiger partial charge in [0.15, 0.2) is 0 Å². The lowest BCUT2D eigenvalue weighted by atomic mass is 10.1. The molecule has 0 aliphatic heterocycles. The Morgan fingerprint density at radius 3 is 2.67 bits per heavy atom. The van der Waals surface area contributed by atoms with Gasteiger partial charge in [0.2, 0.25) is 5.91 Å². The second-order valence-corrected chi connectivity index (χ2v) is 3.62. The van der Waals surface area contributed by atoms with Crippen LogP contribution in [0.15, 0.2) is 18.2 Å². The highest BCUT2D eigenvalue weighted by Crippen LogP contribution is 2.18. The van der Waals surface area contributed by atoms with Gasteiger partial charge in [-0.3, -0.25) is 9.59 Å². The molecular formula is C11H15N3O4. The molecule has 1 unspecified atom stereocenters. The molecule has 1 atom stereocenters. The molecular weight excluding hydrogens is 238 g/mol. The first-order valence-electron chi connectivity index (χ1n) is 5.14. The Bertz CT molecular complexity index is 462. The minimum Gasteiger partial charge on any atom is -0.497 e. The molecule has 0 fully saturated rings. The lowest BCUT2D eigenvalue weighted by Crippen LogP contribution is -2.39. The molecule has 98 valence electrons. The summed E-state index contributed by atoms with van der Waals surface area (Å²) in [5.74, 6) is -0.947. The molecule has 0 radical (unpaired) electrons. The zero-order valence-electron chi connectivity index (χ0n) is 9.84. The quantitative estimate of drug-likeness (QED) is 0.493. The smallest absolute Gasteiger partial charge is 0.251 e. The predicted molar refractivity (Wildman–Crippen MR) is 64.9 cm³/mol. The maximum Gasteiger partial charge on any atom is 0.251 e. The maximum absolute atomic E-state index is 11.7. The van der Waals surface area contributed by atoms with Crippen LogP contribution in [0.1, 0.15) is 10.4 Å². The van der Waals surface area contributed by atoms with E-state index < -0.39 is 17.9 Å². The number of nitrogens with one attached hydrogen (secondary N) is 1. The Kier molecular flexibility index (Phi) is 4.50. The fraction of sp³-hybridized carbons (Fsp3) is 0.273. The van der Waals surface area contributed by atoms with Crippen LogP contribution in [0.2, 0.25) is 0 Å². The van der Waals surface area contributed by atoms with Crippen LogP contribution >= 0.6 is 0 Å². The second-order valence-electron chi connectivity index (χ2n) is 3.62. The number of benzene rings is 1. The van der Waals surface area contributed by atoms with Gasteiger partial charge in [0.1, 0.15) is 11.9 Å². The highest BCUT2D eigenvalue weighted by molar-refractivity contribution is 5.95. The van der Waals surface area contributed by atoms with Crippen LogP contribution in [0.25, 0.3) is 0 Å². The Morgan fingerprint density at radius 2 is 2.11 bits per heavy atom. The molecule has 1 aromatic rings. The van der Waals surface area contributed by atoms with Gasteiger partial charge in [-0.2, -0.15) is 0 Å². The summed E-state index contributed by atoms with van der Waals surface area (Å²) in [6.07, 6.45) is -1.42. The number of nitrogen functional groups attached to an aromatic ring is 1. The predicted octanol–water partition coefficient (Wildman–Crippen LogP) is -1.15. The minimum atomic E-state index is -1.42. The SMILES string of the molecule is COc1cc(N)cc(C(=O)NCC(O)C(N)=O)c1. The third-order valence-corrected chi connectivity index (χ3v) is 2.21. The van der Waals surface area contributed by atoms with Crippen LogP contribution < -0.4 is 21.5 Å². The van der Waals surface area contributed by atoms with Gasteiger partial charge in [0, 0.05) is 17.3 Å². The number of primary amides is 1. The van der Waals surface area contributed by atoms with Crippen molar-refractivity contribution >= 4 is 17.5 Å². The zero-order valence-corrected chi connectivity index (χ0v) is 9.84. The molecule has 2 amide bonds. The number of hydrogen-bond donors (Lipinski definition) is 4. The fourth-order valence-electron chi connectivity index (χ4n) is 1.26. The Hall–Kier alpha value is -2.28. The third-order valence-electron chi connectivity index (χ3n) is 2.21. The van der Waals surface area contributed by atoms with E-state index in [2.05, 4.69) is 5.32 Å². The number of rotatable bonds is 5. The second kappa shape index (κ2) is 5.87. The van der Waals surface area contributed by atoms with Crippen molar-refractivity contribution in [1.82, 2.24) is 5.32 Å². The first kappa shape index (κ1) is 13.8. The van der Waals surface area contributed by atoms with Gasteiger partial charge in [-0.1, -0.05) is 0 Å². The average Bonchev–Trinajstić information content (AvgIpc) is 2.34. The topological polar surface area (TPSA) is 128 Å². The molecule has 0 heterocycles. The summed E-state index contributed by atoms with van der Waals surface area (Å²) in [5, 5.41) is 11.5. The summed E-state index contributed by atoms with van der Waals surface area (Å²) in [6, 6.07) is 4.51. The highest BCUT2D eigenvalue weighted by Gasteiger charge is 2.14. The number of carbonyl (C=O) groups is 2. The number of anilines is 1. The standard InChI is InChI=1S/C11H15N3O4/c1-18-8-3-6(2-7(12)4-8)11(17)14-5-9(15)10(13)16/h2-4,9,15H,5,12H2,1H3,(H2,13,16)(H,14,17). The van der Waals surface area contributed by atoms with Gasteiger partial charge < -0.3 is 26.6 Å². The number of aliphatic hydroxyl groups is 1. The van der Waals surface area contributed by atoms with Crippen LogP contribution in [-0.4, -0.2) is 36.7 Å². The number of methoxy groups -OCH3 is 1. The lowest BCUT2D eigenvalue weighted by molar-refractivity contribution is -0.125. The lowest BCUT2D eigenvalue weighted by Gasteiger charge is -2.10. The Labute approximate surface area is 104 Å². The summed E-state index contributed by atoms with van der Waals surface area (Å²) in [7, 11) is 1.45. The van der Waals surface area contributed by atoms with E-state index in [9.17, 15) is 9.59 Å². The Morgan fingerprint density at radius 1 is 1.44 bits per heavy atom. The normalized spacial score (nSPS) is 11.7. The van der Waals surface area contributed by atoms with Crippen LogP contribution in [0.5, 0.6) is 5.75 Å². The van der Waals surface area contributed by atoms with Crippen molar-refractivity contribution in [2.24, 2.45) is 5.73 Å². The molecule has 0 saturated carbocycles. The van der Waals surface area contributed by atoms with Crippen LogP contribution in [0.3, 0.4) is 0 Å². The van der Waals surface area contributed by atoms with E-state index >= 15 is 0 Å². The van der Waals surface area contributed by atoms with E-state index in [1.54, 1.807) is 6.07 Å². The van der Waals surface area contributed by atoms with E-state index in [1.807, 2.05) is 0 Å². The van der Waals surface area contributed by atoms with Gasteiger partial charge in [-0.25, -0.2) is 0 Å². The van der Waals surface area contributed by atoms with Gasteiger partial charge in [-0.05, 0) is 12.1 Å². The number of aliphatic hydroxyl groups excluding tert-OH is 1. The minimum absolute atomic E-state index is 0.259. The first-order valence-corrected chi connectivity index (χ1v) is 5.14. The number of hydrogen-bond acceptors (Lipinski definition) is 5. The van der Waals surface area contributed by atoms with Crippen molar-refractivity contribution < 1.29 is 19.4 Å². The maximum atomic E-state index is 11.7. The molecule has 7 heteroatoms. The molecule has 0 aliphatic carbocycles. The molecule has 0 saturated heterocycles. The van der Waals surface area contributed by atoms with Crippen LogP contribution in [0, 0.1) is 0 Å². The number of ether oxygens (including phenoxy) is 1. The van der Waals surface area contributed by atoms with E-state index in [4.69, 9.17) is 21.3 Å². The number of nitrogens with two attached hydrogens (primary N) is 2. The van der Waals surface area contributed by atoms with Crippen LogP contribution in [-0.2, 0) is 4.79 Å². The molecule has 7 nitrogen and oxygen atoms in total. The molecule has 6 N–H and O–H groups in total. The third kappa shape index (κ3) is 3.63. The zero-order chi connectivity index (χ0) is 13.7. The van der Waals surface area contributed by atoms with Crippen molar-refractivity contribution in [2.45, 2.75) is 6.10 Å². The van der Waals surface area contributed by atoms with Crippen molar-refractivity contribution in [1.29, 1.82) is 0 Å². The van der Waals surface area contributed by atoms with Gasteiger partial charge in [-0.15, -0.1) is 0 Å². The van der Waals surface area contributed by atoms with Crippen molar-refractivity contribution in [3.63, 3.8) is 0 Å². The van der Waals surface area contributed by atoms with Gasteiger partial charge in [0.25, 0.3) is 5.91 Å². The average molecular weight is 253 g/mol. The summed E-state index contributed by atoms with van der Waals surface area (Å²) >= 11 is 0. The van der Waals surface area contributed by atoms with Gasteiger partial charge >= 0.3 is 0 Å². The summed E-state index contributed by atoms with van der Waals surface area (Å²) in [5.41, 5.74) is 11.1. The molecule has 0 aliphatic rings. The summed E-state index contributed by atoms with van der Waals surface area (Å²) < 4.78 is 4.97. The Balaban J connectivity index is 2.72. The summed E-state index contributed by atoms with van der Waals surface area (Å²) in [4.78, 5) is 22.3.